The Labute approximate surface area is 117 Å². The molecule has 0 aromatic carbocycles. The lowest BCUT2D eigenvalue weighted by molar-refractivity contribution is -0.148. The molecule has 2 atom stereocenters. The third-order valence-corrected chi connectivity index (χ3v) is 3.76. The van der Waals surface area contributed by atoms with Gasteiger partial charge in [0.05, 0.1) is 25.7 Å². The summed E-state index contributed by atoms with van der Waals surface area (Å²) in [5, 5.41) is 6.71. The minimum Gasteiger partial charge on any atom is -0.379 e. The number of ether oxygens (including phenoxy) is 1. The summed E-state index contributed by atoms with van der Waals surface area (Å²) < 4.78 is 44.3. The van der Waals surface area contributed by atoms with Gasteiger partial charge in [0.2, 0.25) is 11.7 Å². The van der Waals surface area contributed by atoms with E-state index in [2.05, 4.69) is 10.2 Å². The van der Waals surface area contributed by atoms with Crippen LogP contribution in [0.25, 0.3) is 0 Å². The number of alkyl halides is 3. The van der Waals surface area contributed by atoms with Gasteiger partial charge in [-0.3, -0.25) is 4.79 Å². The molecule has 116 valence electrons. The molecule has 1 aromatic rings. The van der Waals surface area contributed by atoms with E-state index in [1.165, 1.54) is 4.90 Å². The summed E-state index contributed by atoms with van der Waals surface area (Å²) in [6.07, 6.45) is -4.54. The number of halogens is 3. The predicted octanol–water partition coefficient (Wildman–Crippen LogP) is -0.387. The van der Waals surface area contributed by atoms with Crippen LogP contribution in [0.4, 0.5) is 13.2 Å². The van der Waals surface area contributed by atoms with Crippen LogP contribution in [0, 0.1) is 5.92 Å². The van der Waals surface area contributed by atoms with Crippen molar-refractivity contribution in [2.24, 2.45) is 11.7 Å². The Kier molecular flexibility index (Phi) is 3.36. The Morgan fingerprint density at radius 2 is 2.05 bits per heavy atom. The van der Waals surface area contributed by atoms with E-state index in [1.807, 2.05) is 0 Å². The zero-order chi connectivity index (χ0) is 15.2. The second-order valence-electron chi connectivity index (χ2n) is 5.16. The van der Waals surface area contributed by atoms with Crippen LogP contribution in [0.1, 0.15) is 11.6 Å². The minimum absolute atomic E-state index is 0.00509. The lowest BCUT2D eigenvalue weighted by atomic mass is 10.0. The second kappa shape index (κ2) is 4.95. The zero-order valence-electron chi connectivity index (χ0n) is 11.0. The second-order valence-corrected chi connectivity index (χ2v) is 5.16. The van der Waals surface area contributed by atoms with E-state index in [-0.39, 0.29) is 44.0 Å². The number of nitrogens with two attached hydrogens (primary N) is 1. The predicted molar refractivity (Wildman–Crippen MR) is 62.7 cm³/mol. The molecule has 0 saturated carbocycles. The highest BCUT2D eigenvalue weighted by Crippen LogP contribution is 2.29. The Morgan fingerprint density at radius 1 is 1.29 bits per heavy atom. The highest BCUT2D eigenvalue weighted by atomic mass is 19.4. The Morgan fingerprint density at radius 3 is 2.67 bits per heavy atom. The molecule has 0 spiro atoms. The third-order valence-electron chi connectivity index (χ3n) is 3.76. The summed E-state index contributed by atoms with van der Waals surface area (Å²) in [6, 6.07) is -0.372. The van der Waals surface area contributed by atoms with Gasteiger partial charge >= 0.3 is 6.18 Å². The smallest absolute Gasteiger partial charge is 0.379 e. The number of hydrogen-bond acceptors (Lipinski definition) is 5. The van der Waals surface area contributed by atoms with Crippen molar-refractivity contribution in [3.8, 4) is 0 Å². The lowest BCUT2D eigenvalue weighted by Gasteiger charge is -2.30. The first-order valence-electron chi connectivity index (χ1n) is 6.49. The van der Waals surface area contributed by atoms with Crippen molar-refractivity contribution in [1.82, 2.24) is 19.7 Å². The largest absolute Gasteiger partial charge is 0.451 e. The fourth-order valence-electron chi connectivity index (χ4n) is 2.62. The van der Waals surface area contributed by atoms with Gasteiger partial charge in [-0.2, -0.15) is 13.2 Å². The molecule has 0 aliphatic carbocycles. The van der Waals surface area contributed by atoms with Gasteiger partial charge in [-0.05, 0) is 0 Å². The summed E-state index contributed by atoms with van der Waals surface area (Å²) >= 11 is 0. The monoisotopic (exact) mass is 305 g/mol. The molecule has 0 bridgehead atoms. The van der Waals surface area contributed by atoms with Gasteiger partial charge in [0.25, 0.3) is 0 Å². The first kappa shape index (κ1) is 14.3. The number of aromatic nitrogens is 3. The molecule has 0 radical (unpaired) electrons. The first-order valence-corrected chi connectivity index (χ1v) is 6.49. The molecule has 1 aromatic heterocycles. The number of nitrogens with zero attached hydrogens (tertiary/aromatic N) is 4. The number of rotatable bonds is 1. The van der Waals surface area contributed by atoms with Crippen molar-refractivity contribution in [3.05, 3.63) is 11.6 Å². The Balaban J connectivity index is 1.76. The number of carbonyl (C=O) groups excluding carboxylic acids is 1. The van der Waals surface area contributed by atoms with Gasteiger partial charge in [-0.15, -0.1) is 10.2 Å². The molecule has 21 heavy (non-hydrogen) atoms. The van der Waals surface area contributed by atoms with E-state index in [1.54, 1.807) is 0 Å². The topological polar surface area (TPSA) is 86.3 Å². The molecule has 7 nitrogen and oxygen atoms in total. The summed E-state index contributed by atoms with van der Waals surface area (Å²) in [4.78, 5) is 13.8. The van der Waals surface area contributed by atoms with Crippen molar-refractivity contribution < 1.29 is 22.7 Å². The number of hydrogen-bond donors (Lipinski definition) is 1. The Bertz CT molecular complexity index is 559. The molecule has 2 unspecified atom stereocenters. The van der Waals surface area contributed by atoms with Crippen LogP contribution < -0.4 is 5.73 Å². The highest BCUT2D eigenvalue weighted by molar-refractivity contribution is 5.80. The van der Waals surface area contributed by atoms with Crippen molar-refractivity contribution >= 4 is 5.91 Å². The van der Waals surface area contributed by atoms with Gasteiger partial charge in [-0.1, -0.05) is 0 Å². The molecule has 2 aliphatic heterocycles. The van der Waals surface area contributed by atoms with Crippen molar-refractivity contribution in [2.45, 2.75) is 25.3 Å². The minimum atomic E-state index is -4.54. The van der Waals surface area contributed by atoms with E-state index >= 15 is 0 Å². The van der Waals surface area contributed by atoms with Crippen molar-refractivity contribution in [1.29, 1.82) is 0 Å². The Hall–Kier alpha value is -1.68. The number of amides is 1. The summed E-state index contributed by atoms with van der Waals surface area (Å²) in [5.74, 6) is -1.54. The zero-order valence-corrected chi connectivity index (χ0v) is 11.0. The molecule has 10 heteroatoms. The van der Waals surface area contributed by atoms with Crippen LogP contribution in [0.2, 0.25) is 0 Å². The van der Waals surface area contributed by atoms with Crippen LogP contribution in [-0.2, 0) is 28.8 Å². The average molecular weight is 305 g/mol. The fraction of sp³-hybridized carbons (Fsp3) is 0.727. The van der Waals surface area contributed by atoms with E-state index in [4.69, 9.17) is 10.5 Å². The SMILES string of the molecule is NC1COCC1C(=O)N1CCn2c(nnc2C(F)(F)F)C1. The highest BCUT2D eigenvalue weighted by Gasteiger charge is 2.41. The molecule has 3 rings (SSSR count). The maximum atomic E-state index is 12.7. The van der Waals surface area contributed by atoms with E-state index in [0.717, 1.165) is 4.57 Å². The molecule has 1 amide bonds. The molecular formula is C11H14F3N5O2. The lowest BCUT2D eigenvalue weighted by Crippen LogP contribution is -2.46. The standard InChI is InChI=1S/C11H14F3N5O2/c12-11(13,14)10-17-16-8-3-18(1-2-19(8)10)9(20)6-4-21-5-7(6)15/h6-7H,1-5,15H2. The summed E-state index contributed by atoms with van der Waals surface area (Å²) in [5.41, 5.74) is 5.79. The van der Waals surface area contributed by atoms with Crippen molar-refractivity contribution in [3.63, 3.8) is 0 Å². The average Bonchev–Trinajstić information content (AvgIpc) is 3.02. The number of fused-ring (bicyclic) bond motifs is 1. The van der Waals surface area contributed by atoms with E-state index < -0.39 is 17.9 Å². The van der Waals surface area contributed by atoms with Gasteiger partial charge in [0, 0.05) is 19.1 Å². The van der Waals surface area contributed by atoms with Crippen LogP contribution in [0.15, 0.2) is 0 Å². The van der Waals surface area contributed by atoms with Crippen LogP contribution in [0.5, 0.6) is 0 Å². The van der Waals surface area contributed by atoms with Crippen LogP contribution in [-0.4, -0.2) is 51.4 Å². The maximum absolute atomic E-state index is 12.7. The van der Waals surface area contributed by atoms with E-state index in [9.17, 15) is 18.0 Å². The van der Waals surface area contributed by atoms with Crippen LogP contribution in [0.3, 0.4) is 0 Å². The van der Waals surface area contributed by atoms with Gasteiger partial charge in [-0.25, -0.2) is 0 Å². The molecule has 3 heterocycles. The molecule has 2 aliphatic rings. The maximum Gasteiger partial charge on any atom is 0.451 e. The molecule has 1 saturated heterocycles. The third kappa shape index (κ3) is 2.48. The normalized spacial score (nSPS) is 26.0. The van der Waals surface area contributed by atoms with Gasteiger partial charge in [0.15, 0.2) is 5.82 Å². The number of carbonyl (C=O) groups is 1. The quantitative estimate of drug-likeness (QED) is 0.764. The van der Waals surface area contributed by atoms with E-state index in [0.29, 0.717) is 6.61 Å². The fourth-order valence-corrected chi connectivity index (χ4v) is 2.62. The van der Waals surface area contributed by atoms with Crippen molar-refractivity contribution in [2.75, 3.05) is 19.8 Å². The molecular weight excluding hydrogens is 291 g/mol. The van der Waals surface area contributed by atoms with Gasteiger partial charge < -0.3 is 19.9 Å². The van der Waals surface area contributed by atoms with Gasteiger partial charge in [0.1, 0.15) is 0 Å². The first-order chi connectivity index (χ1) is 9.88. The molecule has 1 fully saturated rings. The summed E-state index contributed by atoms with van der Waals surface area (Å²) in [7, 11) is 0. The summed E-state index contributed by atoms with van der Waals surface area (Å²) in [6.45, 7) is 0.767. The van der Waals surface area contributed by atoms with Crippen LogP contribution >= 0.6 is 0 Å². The molecule has 2 N–H and O–H groups in total.